The summed E-state index contributed by atoms with van der Waals surface area (Å²) in [6.45, 7) is -2.61. The summed E-state index contributed by atoms with van der Waals surface area (Å²) in [5.74, 6) is 0.435. The first kappa shape index (κ1) is 13.5. The summed E-state index contributed by atoms with van der Waals surface area (Å²) in [5.41, 5.74) is 1.53. The summed E-state index contributed by atoms with van der Waals surface area (Å²) in [5, 5.41) is 0. The molecule has 0 fully saturated rings. The lowest BCUT2D eigenvalue weighted by molar-refractivity contribution is 0.306. The van der Waals surface area contributed by atoms with Crippen LogP contribution in [0.5, 0.6) is 5.75 Å². The zero-order chi connectivity index (χ0) is 13.9. The van der Waals surface area contributed by atoms with E-state index < -0.39 is 12.4 Å². The summed E-state index contributed by atoms with van der Waals surface area (Å²) < 4.78 is 42.7. The lowest BCUT2D eigenvalue weighted by Gasteiger charge is -2.15. The van der Waals surface area contributed by atoms with E-state index in [4.69, 9.17) is 4.74 Å². The Morgan fingerprint density at radius 2 is 1.47 bits per heavy atom. The van der Waals surface area contributed by atoms with Crippen LogP contribution in [0.2, 0.25) is 0 Å². The second-order valence-corrected chi connectivity index (χ2v) is 4.42. The molecule has 100 valence electrons. The second-order valence-electron chi connectivity index (χ2n) is 4.42. The van der Waals surface area contributed by atoms with E-state index in [1.165, 1.54) is 12.1 Å². The Hall–Kier alpha value is -1.91. The molecule has 2 aromatic rings. The molecule has 0 radical (unpaired) electrons. The summed E-state index contributed by atoms with van der Waals surface area (Å²) in [6, 6.07) is 12.6. The Bertz CT molecular complexity index is 532. The number of hydrogen-bond donors (Lipinski definition) is 0. The molecule has 1 nitrogen and oxygen atoms in total. The molecule has 0 amide bonds. The molecule has 0 aliphatic carbocycles. The lowest BCUT2D eigenvalue weighted by atomic mass is 9.80. The van der Waals surface area contributed by atoms with Gasteiger partial charge in [-0.25, -0.2) is 0 Å². The zero-order valence-corrected chi connectivity index (χ0v) is 10.4. The highest BCUT2D eigenvalue weighted by molar-refractivity contribution is 6.73. The molecule has 0 saturated heterocycles. The molecule has 0 unspecified atom stereocenters. The van der Waals surface area contributed by atoms with Crippen molar-refractivity contribution in [2.45, 2.75) is 13.5 Å². The van der Waals surface area contributed by atoms with Gasteiger partial charge in [0, 0.05) is 0 Å². The molecule has 0 spiro atoms. The van der Waals surface area contributed by atoms with E-state index in [0.717, 1.165) is 23.3 Å². The summed E-state index contributed by atoms with van der Waals surface area (Å²) in [6.07, 6.45) is 0. The largest absolute Gasteiger partial charge is 0.509 e. The van der Waals surface area contributed by atoms with Crippen LogP contribution in [-0.4, -0.2) is 6.98 Å². The van der Waals surface area contributed by atoms with Gasteiger partial charge in [0.1, 0.15) is 12.4 Å². The number of halogens is 3. The molecule has 0 aromatic heterocycles. The Morgan fingerprint density at radius 1 is 0.895 bits per heavy atom. The van der Waals surface area contributed by atoms with Gasteiger partial charge in [-0.3, -0.25) is 0 Å². The smallest absolute Gasteiger partial charge is 0.489 e. The normalized spacial score (nSPS) is 11.4. The highest BCUT2D eigenvalue weighted by Crippen LogP contribution is 2.15. The van der Waals surface area contributed by atoms with E-state index in [0.29, 0.717) is 12.4 Å². The van der Waals surface area contributed by atoms with E-state index in [-0.39, 0.29) is 0 Å². The number of aryl methyl sites for hydroxylation is 1. The van der Waals surface area contributed by atoms with Crippen molar-refractivity contribution in [1.82, 2.24) is 0 Å². The van der Waals surface area contributed by atoms with E-state index in [2.05, 4.69) is 0 Å². The van der Waals surface area contributed by atoms with Crippen molar-refractivity contribution in [3.05, 3.63) is 59.7 Å². The van der Waals surface area contributed by atoms with Gasteiger partial charge in [0.05, 0.1) is 0 Å². The minimum atomic E-state index is -4.94. The minimum absolute atomic E-state index is 0.344. The SMILES string of the molecule is Cc1ccc(COc2ccc([B-](F)(F)F)cc2)cc1. The maximum atomic E-state index is 12.4. The number of ether oxygens (including phenoxy) is 1. The molecule has 0 N–H and O–H groups in total. The summed E-state index contributed by atoms with van der Waals surface area (Å²) in [4.78, 5) is 0. The van der Waals surface area contributed by atoms with Gasteiger partial charge >= 0.3 is 6.98 Å². The Balaban J connectivity index is 1.98. The van der Waals surface area contributed by atoms with Crippen LogP contribution in [0, 0.1) is 6.92 Å². The molecule has 0 aliphatic rings. The van der Waals surface area contributed by atoms with Gasteiger partial charge in [-0.1, -0.05) is 42.0 Å². The molecule has 2 aromatic carbocycles. The van der Waals surface area contributed by atoms with Gasteiger partial charge < -0.3 is 17.7 Å². The van der Waals surface area contributed by atoms with Gasteiger partial charge in [0.2, 0.25) is 0 Å². The molecule has 19 heavy (non-hydrogen) atoms. The molecular weight excluding hydrogens is 252 g/mol. The molecule has 0 bridgehead atoms. The number of benzene rings is 2. The Labute approximate surface area is 110 Å². The molecule has 0 atom stereocenters. The van der Waals surface area contributed by atoms with Crippen LogP contribution in [0.15, 0.2) is 48.5 Å². The van der Waals surface area contributed by atoms with Crippen molar-refractivity contribution in [2.24, 2.45) is 0 Å². The second kappa shape index (κ2) is 5.39. The molecule has 0 heterocycles. The van der Waals surface area contributed by atoms with Crippen molar-refractivity contribution in [3.8, 4) is 5.75 Å². The highest BCUT2D eigenvalue weighted by Gasteiger charge is 2.24. The van der Waals surface area contributed by atoms with Gasteiger partial charge in [-0.2, -0.15) is 0 Å². The fraction of sp³-hybridized carbons (Fsp3) is 0.143. The average molecular weight is 265 g/mol. The van der Waals surface area contributed by atoms with Crippen LogP contribution < -0.4 is 10.2 Å². The van der Waals surface area contributed by atoms with Crippen molar-refractivity contribution in [2.75, 3.05) is 0 Å². The zero-order valence-electron chi connectivity index (χ0n) is 10.4. The first-order valence-electron chi connectivity index (χ1n) is 5.93. The van der Waals surface area contributed by atoms with E-state index in [1.54, 1.807) is 0 Å². The van der Waals surface area contributed by atoms with Crippen LogP contribution >= 0.6 is 0 Å². The summed E-state index contributed by atoms with van der Waals surface area (Å²) in [7, 11) is 0. The van der Waals surface area contributed by atoms with Crippen molar-refractivity contribution in [3.63, 3.8) is 0 Å². The third-order valence-corrected chi connectivity index (χ3v) is 2.78. The fourth-order valence-corrected chi connectivity index (χ4v) is 1.63. The predicted molar refractivity (Wildman–Crippen MR) is 70.7 cm³/mol. The van der Waals surface area contributed by atoms with Crippen LogP contribution in [0.1, 0.15) is 11.1 Å². The molecule has 5 heteroatoms. The molecule has 2 rings (SSSR count). The predicted octanol–water partition coefficient (Wildman–Crippen LogP) is 3.63. The summed E-state index contributed by atoms with van der Waals surface area (Å²) >= 11 is 0. The molecule has 0 aliphatic heterocycles. The Morgan fingerprint density at radius 3 is 2.00 bits per heavy atom. The van der Waals surface area contributed by atoms with Crippen molar-refractivity contribution in [1.29, 1.82) is 0 Å². The van der Waals surface area contributed by atoms with E-state index in [1.807, 2.05) is 31.2 Å². The Kier molecular flexibility index (Phi) is 3.83. The van der Waals surface area contributed by atoms with Gasteiger partial charge in [-0.15, -0.1) is 5.46 Å². The van der Waals surface area contributed by atoms with Crippen LogP contribution in [-0.2, 0) is 6.61 Å². The number of hydrogen-bond acceptors (Lipinski definition) is 1. The van der Waals surface area contributed by atoms with Crippen molar-refractivity contribution < 1.29 is 17.7 Å². The lowest BCUT2D eigenvalue weighted by Crippen LogP contribution is -2.33. The maximum Gasteiger partial charge on any atom is 0.509 e. The van der Waals surface area contributed by atoms with Crippen LogP contribution in [0.25, 0.3) is 0 Å². The monoisotopic (exact) mass is 265 g/mol. The van der Waals surface area contributed by atoms with Crippen molar-refractivity contribution >= 4 is 12.4 Å². The van der Waals surface area contributed by atoms with Crippen LogP contribution in [0.3, 0.4) is 0 Å². The van der Waals surface area contributed by atoms with Gasteiger partial charge in [-0.05, 0) is 24.6 Å². The number of rotatable bonds is 4. The first-order valence-corrected chi connectivity index (χ1v) is 5.93. The minimum Gasteiger partial charge on any atom is -0.489 e. The highest BCUT2D eigenvalue weighted by atomic mass is 19.4. The average Bonchev–Trinajstić information content (AvgIpc) is 2.37. The maximum absolute atomic E-state index is 12.4. The van der Waals surface area contributed by atoms with Gasteiger partial charge in [0.15, 0.2) is 0 Å². The topological polar surface area (TPSA) is 9.23 Å². The van der Waals surface area contributed by atoms with E-state index >= 15 is 0 Å². The third kappa shape index (κ3) is 3.78. The molecular formula is C14H13BF3O-. The van der Waals surface area contributed by atoms with Gasteiger partial charge in [0.25, 0.3) is 0 Å². The first-order chi connectivity index (χ1) is 8.95. The van der Waals surface area contributed by atoms with Crippen LogP contribution in [0.4, 0.5) is 12.9 Å². The fourth-order valence-electron chi connectivity index (χ4n) is 1.63. The van der Waals surface area contributed by atoms with E-state index in [9.17, 15) is 12.9 Å². The third-order valence-electron chi connectivity index (χ3n) is 2.78. The standard InChI is InChI=1S/C14H13BF3O/c1-11-2-4-12(5-3-11)10-19-14-8-6-13(7-9-14)15(16,17)18/h2-9H,10H2,1H3/q-1. The molecule has 0 saturated carbocycles. The quantitative estimate of drug-likeness (QED) is 0.767.